The van der Waals surface area contributed by atoms with Crippen molar-refractivity contribution in [2.45, 2.75) is 19.4 Å². The van der Waals surface area contributed by atoms with Gasteiger partial charge in [-0.3, -0.25) is 0 Å². The first-order chi connectivity index (χ1) is 7.25. The van der Waals surface area contributed by atoms with Crippen molar-refractivity contribution < 1.29 is 9.15 Å². The molecule has 0 aliphatic carbocycles. The van der Waals surface area contributed by atoms with Gasteiger partial charge < -0.3 is 9.15 Å². The summed E-state index contributed by atoms with van der Waals surface area (Å²) in [7, 11) is 0. The Morgan fingerprint density at radius 3 is 3.00 bits per heavy atom. The molecule has 0 amide bonds. The molecule has 1 aromatic heterocycles. The molecule has 2 aromatic rings. The predicted octanol–water partition coefficient (Wildman–Crippen LogP) is 2.12. The number of benzene rings is 1. The molecule has 76 valence electrons. The van der Waals surface area contributed by atoms with Gasteiger partial charge in [-0.15, -0.1) is 0 Å². The number of ether oxygens (including phenoxy) is 1. The van der Waals surface area contributed by atoms with Crippen LogP contribution in [0.2, 0.25) is 0 Å². The molecule has 1 aromatic carbocycles. The van der Waals surface area contributed by atoms with E-state index in [2.05, 4.69) is 0 Å². The third-order valence-electron chi connectivity index (χ3n) is 2.67. The number of fused-ring (bicyclic) bond motifs is 3. The number of rotatable bonds is 0. The van der Waals surface area contributed by atoms with Crippen molar-refractivity contribution in [2.24, 2.45) is 0 Å². The quantitative estimate of drug-likeness (QED) is 0.614. The van der Waals surface area contributed by atoms with Crippen molar-refractivity contribution in [3.8, 4) is 5.75 Å². The van der Waals surface area contributed by atoms with Crippen LogP contribution in [0.4, 0.5) is 0 Å². The first kappa shape index (κ1) is 8.53. The van der Waals surface area contributed by atoms with E-state index in [1.54, 1.807) is 6.07 Å². The maximum Gasteiger partial charge on any atom is 0.343 e. The van der Waals surface area contributed by atoms with Crippen LogP contribution in [0.25, 0.3) is 11.0 Å². The molecule has 0 saturated heterocycles. The first-order valence-electron chi connectivity index (χ1n) is 4.97. The summed E-state index contributed by atoms with van der Waals surface area (Å²) in [6, 6.07) is 7.45. The molecule has 2 heterocycles. The molecular formula is C12H10O3. The standard InChI is InChI=1S/C12H10O3/c1-7-6-9-11(14-7)8-4-2-3-5-10(8)15-12(9)13/h2-5,7H,6H2,1H3. The van der Waals surface area contributed by atoms with Gasteiger partial charge in [0.2, 0.25) is 0 Å². The Morgan fingerprint density at radius 1 is 1.33 bits per heavy atom. The summed E-state index contributed by atoms with van der Waals surface area (Å²) in [5.41, 5.74) is 0.990. The van der Waals surface area contributed by atoms with Crippen LogP contribution in [0.3, 0.4) is 0 Å². The molecule has 0 saturated carbocycles. The van der Waals surface area contributed by atoms with Gasteiger partial charge in [-0.05, 0) is 19.1 Å². The van der Waals surface area contributed by atoms with E-state index in [4.69, 9.17) is 9.15 Å². The van der Waals surface area contributed by atoms with Crippen LogP contribution in [0, 0.1) is 0 Å². The lowest BCUT2D eigenvalue weighted by atomic mass is 10.1. The van der Waals surface area contributed by atoms with Crippen molar-refractivity contribution in [1.29, 1.82) is 0 Å². The second-order valence-electron chi connectivity index (χ2n) is 3.83. The van der Waals surface area contributed by atoms with Crippen LogP contribution in [-0.4, -0.2) is 6.10 Å². The zero-order chi connectivity index (χ0) is 10.4. The largest absolute Gasteiger partial charge is 0.489 e. The second-order valence-corrected chi connectivity index (χ2v) is 3.83. The van der Waals surface area contributed by atoms with E-state index in [0.717, 1.165) is 5.39 Å². The van der Waals surface area contributed by atoms with Gasteiger partial charge in [-0.25, -0.2) is 4.79 Å². The fourth-order valence-corrected chi connectivity index (χ4v) is 2.00. The fraction of sp³-hybridized carbons (Fsp3) is 0.250. The van der Waals surface area contributed by atoms with Gasteiger partial charge in [-0.1, -0.05) is 12.1 Å². The third-order valence-corrected chi connectivity index (χ3v) is 2.67. The third kappa shape index (κ3) is 1.16. The van der Waals surface area contributed by atoms with Crippen LogP contribution in [-0.2, 0) is 6.42 Å². The van der Waals surface area contributed by atoms with Crippen molar-refractivity contribution in [2.75, 3.05) is 0 Å². The van der Waals surface area contributed by atoms with Crippen LogP contribution in [0.1, 0.15) is 12.5 Å². The molecule has 1 aliphatic rings. The maximum absolute atomic E-state index is 11.6. The minimum atomic E-state index is -0.270. The summed E-state index contributed by atoms with van der Waals surface area (Å²) in [5.74, 6) is 0.703. The summed E-state index contributed by atoms with van der Waals surface area (Å²) in [6.45, 7) is 1.95. The molecule has 1 unspecified atom stereocenters. The Bertz CT molecular complexity index is 583. The zero-order valence-electron chi connectivity index (χ0n) is 8.32. The molecule has 0 bridgehead atoms. The number of hydrogen-bond donors (Lipinski definition) is 0. The van der Waals surface area contributed by atoms with Gasteiger partial charge in [0.05, 0.1) is 10.9 Å². The van der Waals surface area contributed by atoms with E-state index in [-0.39, 0.29) is 11.7 Å². The SMILES string of the molecule is CC1Cc2c(c3ccccc3oc2=O)O1. The Labute approximate surface area is 86.3 Å². The Hall–Kier alpha value is -1.77. The monoisotopic (exact) mass is 202 g/mol. The first-order valence-corrected chi connectivity index (χ1v) is 4.97. The molecule has 1 aliphatic heterocycles. The molecule has 3 heteroatoms. The molecule has 0 radical (unpaired) electrons. The number of hydrogen-bond acceptors (Lipinski definition) is 3. The molecular weight excluding hydrogens is 192 g/mol. The second kappa shape index (κ2) is 2.86. The minimum Gasteiger partial charge on any atom is -0.489 e. The van der Waals surface area contributed by atoms with Gasteiger partial charge in [0, 0.05) is 6.42 Å². The molecule has 0 N–H and O–H groups in total. The highest BCUT2D eigenvalue weighted by Crippen LogP contribution is 2.33. The zero-order valence-corrected chi connectivity index (χ0v) is 8.32. The van der Waals surface area contributed by atoms with Gasteiger partial charge in [0.15, 0.2) is 0 Å². The van der Waals surface area contributed by atoms with Crippen LogP contribution >= 0.6 is 0 Å². The van der Waals surface area contributed by atoms with Gasteiger partial charge in [-0.2, -0.15) is 0 Å². The smallest absolute Gasteiger partial charge is 0.343 e. The van der Waals surface area contributed by atoms with Crippen molar-refractivity contribution >= 4 is 11.0 Å². The molecule has 1 atom stereocenters. The minimum absolute atomic E-state index is 0.0636. The summed E-state index contributed by atoms with van der Waals surface area (Å²) >= 11 is 0. The lowest BCUT2D eigenvalue weighted by Crippen LogP contribution is -2.08. The van der Waals surface area contributed by atoms with E-state index in [0.29, 0.717) is 23.3 Å². The predicted molar refractivity (Wildman–Crippen MR) is 56.3 cm³/mol. The summed E-state index contributed by atoms with van der Waals surface area (Å²) in [6.07, 6.45) is 0.705. The summed E-state index contributed by atoms with van der Waals surface area (Å²) in [4.78, 5) is 11.6. The molecule has 3 rings (SSSR count). The Morgan fingerprint density at radius 2 is 2.13 bits per heavy atom. The topological polar surface area (TPSA) is 39.4 Å². The maximum atomic E-state index is 11.6. The highest BCUT2D eigenvalue weighted by molar-refractivity contribution is 5.84. The molecule has 15 heavy (non-hydrogen) atoms. The fourth-order valence-electron chi connectivity index (χ4n) is 2.00. The summed E-state index contributed by atoms with van der Waals surface area (Å²) < 4.78 is 10.9. The van der Waals surface area contributed by atoms with Crippen molar-refractivity contribution in [3.63, 3.8) is 0 Å². The van der Waals surface area contributed by atoms with Crippen LogP contribution in [0.15, 0.2) is 33.5 Å². The van der Waals surface area contributed by atoms with E-state index < -0.39 is 0 Å². The van der Waals surface area contributed by atoms with Gasteiger partial charge in [0.25, 0.3) is 0 Å². The highest BCUT2D eigenvalue weighted by Gasteiger charge is 2.25. The summed E-state index contributed by atoms with van der Waals surface area (Å²) in [5, 5.41) is 0.886. The Balaban J connectivity index is 2.43. The lowest BCUT2D eigenvalue weighted by molar-refractivity contribution is 0.257. The number of para-hydroxylation sites is 1. The van der Waals surface area contributed by atoms with Crippen LogP contribution in [0.5, 0.6) is 5.75 Å². The Kier molecular flexibility index (Phi) is 1.63. The molecule has 3 nitrogen and oxygen atoms in total. The average Bonchev–Trinajstić information content (AvgIpc) is 2.61. The highest BCUT2D eigenvalue weighted by atomic mass is 16.5. The lowest BCUT2D eigenvalue weighted by Gasteiger charge is -2.04. The van der Waals surface area contributed by atoms with Crippen molar-refractivity contribution in [1.82, 2.24) is 0 Å². The van der Waals surface area contributed by atoms with E-state index in [1.807, 2.05) is 25.1 Å². The molecule has 0 spiro atoms. The van der Waals surface area contributed by atoms with E-state index in [1.165, 1.54) is 0 Å². The van der Waals surface area contributed by atoms with Crippen molar-refractivity contribution in [3.05, 3.63) is 40.2 Å². The average molecular weight is 202 g/mol. The van der Waals surface area contributed by atoms with Gasteiger partial charge >= 0.3 is 5.63 Å². The van der Waals surface area contributed by atoms with Gasteiger partial charge in [0.1, 0.15) is 17.4 Å². The van der Waals surface area contributed by atoms with E-state index in [9.17, 15) is 4.79 Å². The molecule has 0 fully saturated rings. The van der Waals surface area contributed by atoms with Crippen LogP contribution < -0.4 is 10.4 Å². The van der Waals surface area contributed by atoms with E-state index >= 15 is 0 Å². The normalized spacial score (nSPS) is 18.9.